The molecule has 1 aliphatic heterocycles. The minimum atomic E-state index is -0.384. The second kappa shape index (κ2) is 21.6. The molecule has 0 radical (unpaired) electrons. The number of nitrogens with zero attached hydrogens (tertiary/aromatic N) is 2. The average molecular weight is 484 g/mol. The zero-order chi connectivity index (χ0) is 26.5. The van der Waals surface area contributed by atoms with Gasteiger partial charge in [0.1, 0.15) is 0 Å². The van der Waals surface area contributed by atoms with Crippen LogP contribution in [0.15, 0.2) is 11.6 Å². The van der Waals surface area contributed by atoms with Crippen molar-refractivity contribution in [2.24, 2.45) is 5.92 Å². The Balaban J connectivity index is 0. The molecule has 0 aromatic carbocycles. The van der Waals surface area contributed by atoms with E-state index in [1.165, 1.54) is 56.5 Å². The Bertz CT molecular complexity index is 568. The lowest BCUT2D eigenvalue weighted by atomic mass is 10.00. The van der Waals surface area contributed by atoms with Gasteiger partial charge < -0.3 is 19.9 Å². The summed E-state index contributed by atoms with van der Waals surface area (Å²) < 4.78 is 4.92. The molecule has 1 N–H and O–H groups in total. The van der Waals surface area contributed by atoms with Crippen LogP contribution in [0.25, 0.3) is 0 Å². The molecule has 1 atom stereocenters. The highest BCUT2D eigenvalue weighted by atomic mass is 16.5. The number of likely N-dealkylation sites (tertiary alicyclic amines) is 1. The fraction of sp³-hybridized carbons (Fsp3) is 0.815. The van der Waals surface area contributed by atoms with Crippen molar-refractivity contribution < 1.29 is 19.1 Å². The average Bonchev–Trinajstić information content (AvgIpc) is 2.82. The topological polar surface area (TPSA) is 79.0 Å². The van der Waals surface area contributed by atoms with Gasteiger partial charge in [-0.2, -0.15) is 0 Å². The molecule has 7 heteroatoms. The summed E-state index contributed by atoms with van der Waals surface area (Å²) in [5.74, 6) is -0.474. The van der Waals surface area contributed by atoms with Gasteiger partial charge >= 0.3 is 5.97 Å². The van der Waals surface area contributed by atoms with Crippen molar-refractivity contribution in [3.63, 3.8) is 0 Å². The molecule has 0 aliphatic carbocycles. The van der Waals surface area contributed by atoms with Gasteiger partial charge in [-0.25, -0.2) is 4.79 Å². The molecule has 34 heavy (non-hydrogen) atoms. The Morgan fingerprint density at radius 1 is 1.03 bits per heavy atom. The molecule has 1 aliphatic rings. The number of hydrogen-bond acceptors (Lipinski definition) is 5. The minimum Gasteiger partial charge on any atom is -0.463 e. The maximum atomic E-state index is 11.9. The number of amides is 2. The van der Waals surface area contributed by atoms with Crippen LogP contribution < -0.4 is 5.32 Å². The zero-order valence-electron chi connectivity index (χ0n) is 23.5. The van der Waals surface area contributed by atoms with Crippen molar-refractivity contribution in [2.75, 3.05) is 33.3 Å². The van der Waals surface area contributed by atoms with Crippen LogP contribution in [0.1, 0.15) is 93.9 Å². The van der Waals surface area contributed by atoms with Gasteiger partial charge in [0.25, 0.3) is 0 Å². The zero-order valence-corrected chi connectivity index (χ0v) is 23.5. The predicted octanol–water partition coefficient (Wildman–Crippen LogP) is 4.80. The first-order chi connectivity index (χ1) is 16.1. The number of carbonyl (C=O) groups is 3. The molecular weight excluding hydrogens is 430 g/mol. The highest BCUT2D eigenvalue weighted by Gasteiger charge is 2.22. The number of nitrogens with one attached hydrogen (secondary N) is 1. The SMILES string of the molecule is CCC.CCC(CC)N1CCCCC1.CCOC(=O)/C(C)=C/[C@H](C(C)C)N(C)C(=O)CNC=O. The number of hydrogen-bond donors (Lipinski definition) is 1. The van der Waals surface area contributed by atoms with Crippen LogP contribution >= 0.6 is 0 Å². The molecule has 7 nitrogen and oxygen atoms in total. The molecule has 1 fully saturated rings. The molecule has 200 valence electrons. The minimum absolute atomic E-state index is 0.0600. The maximum Gasteiger partial charge on any atom is 0.333 e. The van der Waals surface area contributed by atoms with Crippen molar-refractivity contribution in [2.45, 2.75) is 106 Å². The Morgan fingerprint density at radius 2 is 1.56 bits per heavy atom. The second-order valence-corrected chi connectivity index (χ2v) is 9.08. The Kier molecular flexibility index (Phi) is 21.8. The molecule has 0 aromatic rings. The first-order valence-corrected chi connectivity index (χ1v) is 13.2. The van der Waals surface area contributed by atoms with Gasteiger partial charge in [0.05, 0.1) is 19.2 Å². The maximum absolute atomic E-state index is 11.9. The fourth-order valence-corrected chi connectivity index (χ4v) is 3.83. The first kappa shape index (κ1) is 34.3. The van der Waals surface area contributed by atoms with Crippen molar-refractivity contribution in [1.82, 2.24) is 15.1 Å². The van der Waals surface area contributed by atoms with E-state index in [1.54, 1.807) is 27.0 Å². The largest absolute Gasteiger partial charge is 0.463 e. The fourth-order valence-electron chi connectivity index (χ4n) is 3.83. The Morgan fingerprint density at radius 3 is 1.97 bits per heavy atom. The first-order valence-electron chi connectivity index (χ1n) is 13.2. The van der Waals surface area contributed by atoms with E-state index >= 15 is 0 Å². The number of piperidine rings is 1. The van der Waals surface area contributed by atoms with E-state index in [1.807, 2.05) is 13.8 Å². The molecular formula is C27H53N3O4. The third-order valence-corrected chi connectivity index (χ3v) is 5.73. The summed E-state index contributed by atoms with van der Waals surface area (Å²) in [5, 5.41) is 2.34. The van der Waals surface area contributed by atoms with Crippen LogP contribution in [0.4, 0.5) is 0 Å². The van der Waals surface area contributed by atoms with Gasteiger partial charge in [-0.05, 0) is 58.5 Å². The monoisotopic (exact) mass is 483 g/mol. The summed E-state index contributed by atoms with van der Waals surface area (Å²) in [4.78, 5) is 37.9. The van der Waals surface area contributed by atoms with Crippen molar-refractivity contribution in [1.29, 1.82) is 0 Å². The summed E-state index contributed by atoms with van der Waals surface area (Å²) in [6.07, 6.45) is 10.4. The summed E-state index contributed by atoms with van der Waals surface area (Å²) in [5.41, 5.74) is 0.466. The van der Waals surface area contributed by atoms with Crippen LogP contribution in [-0.2, 0) is 19.1 Å². The highest BCUT2D eigenvalue weighted by Crippen LogP contribution is 2.16. The number of esters is 1. The third kappa shape index (κ3) is 15.1. The Hall–Kier alpha value is -1.89. The lowest BCUT2D eigenvalue weighted by Gasteiger charge is -2.33. The standard InChI is InChI=1S/C14H24N2O4.C10H21N.C3H8/c1-6-20-14(19)11(4)7-12(10(2)3)16(5)13(18)8-15-9-17;1-3-10(4-2)11-8-6-5-7-9-11;1-3-2/h7,9-10,12H,6,8H2,1-5H3,(H,15,17);10H,3-9H2,1-2H3;3H2,1-2H3/b11-7+;;/t12-;;/m1../s1. The van der Waals surface area contributed by atoms with Gasteiger partial charge in [0, 0.05) is 18.7 Å². The summed E-state index contributed by atoms with van der Waals surface area (Å²) in [7, 11) is 1.65. The molecule has 1 saturated heterocycles. The van der Waals surface area contributed by atoms with E-state index < -0.39 is 0 Å². The van der Waals surface area contributed by atoms with E-state index in [9.17, 15) is 14.4 Å². The van der Waals surface area contributed by atoms with Crippen molar-refractivity contribution >= 4 is 18.3 Å². The predicted molar refractivity (Wildman–Crippen MR) is 142 cm³/mol. The van der Waals surface area contributed by atoms with Gasteiger partial charge in [-0.1, -0.05) is 60.5 Å². The Labute approximate surface area is 209 Å². The van der Waals surface area contributed by atoms with Crippen molar-refractivity contribution in [3.8, 4) is 0 Å². The van der Waals surface area contributed by atoms with E-state index in [-0.39, 0.29) is 30.4 Å². The van der Waals surface area contributed by atoms with Gasteiger partial charge in [-0.3, -0.25) is 9.59 Å². The van der Waals surface area contributed by atoms with Gasteiger partial charge in [0.15, 0.2) is 0 Å². The van der Waals surface area contributed by atoms with E-state index in [4.69, 9.17) is 4.74 Å². The van der Waals surface area contributed by atoms with Crippen LogP contribution in [0, 0.1) is 5.92 Å². The molecule has 0 unspecified atom stereocenters. The molecule has 0 saturated carbocycles. The van der Waals surface area contributed by atoms with Crippen LogP contribution in [0.3, 0.4) is 0 Å². The molecule has 1 rings (SSSR count). The third-order valence-electron chi connectivity index (χ3n) is 5.73. The number of rotatable bonds is 11. The number of carbonyl (C=O) groups excluding carboxylic acids is 3. The number of likely N-dealkylation sites (N-methyl/N-ethyl adjacent to an activating group) is 1. The van der Waals surface area contributed by atoms with Gasteiger partial charge in [0.2, 0.25) is 12.3 Å². The summed E-state index contributed by atoms with van der Waals surface area (Å²) >= 11 is 0. The smallest absolute Gasteiger partial charge is 0.333 e. The number of ether oxygens (including phenoxy) is 1. The van der Waals surface area contributed by atoms with E-state index in [0.29, 0.717) is 18.6 Å². The lowest BCUT2D eigenvalue weighted by Crippen LogP contribution is -2.43. The summed E-state index contributed by atoms with van der Waals surface area (Å²) in [6.45, 7) is 19.1. The van der Waals surface area contributed by atoms with Crippen LogP contribution in [0.5, 0.6) is 0 Å². The molecule has 0 bridgehead atoms. The van der Waals surface area contributed by atoms with Crippen LogP contribution in [0.2, 0.25) is 0 Å². The second-order valence-electron chi connectivity index (χ2n) is 9.08. The normalized spacial score (nSPS) is 14.9. The molecule has 1 heterocycles. The highest BCUT2D eigenvalue weighted by molar-refractivity contribution is 5.88. The van der Waals surface area contributed by atoms with E-state index in [0.717, 1.165) is 6.04 Å². The van der Waals surface area contributed by atoms with Crippen LogP contribution in [-0.4, -0.2) is 73.5 Å². The summed E-state index contributed by atoms with van der Waals surface area (Å²) in [6, 6.07) is 0.635. The molecule has 2 amide bonds. The van der Waals surface area contributed by atoms with Gasteiger partial charge in [-0.15, -0.1) is 0 Å². The quantitative estimate of drug-likeness (QED) is 0.259. The lowest BCUT2D eigenvalue weighted by molar-refractivity contribution is -0.138. The van der Waals surface area contributed by atoms with E-state index in [2.05, 4.69) is 37.9 Å². The van der Waals surface area contributed by atoms with Crippen molar-refractivity contribution in [3.05, 3.63) is 11.6 Å². The molecule has 0 aromatic heterocycles. The molecule has 0 spiro atoms.